The lowest BCUT2D eigenvalue weighted by atomic mass is 9.94. The molecule has 0 radical (unpaired) electrons. The Labute approximate surface area is 156 Å². The number of aliphatic carboxylic acids is 2. The van der Waals surface area contributed by atoms with Gasteiger partial charge in [-0.15, -0.1) is 0 Å². The van der Waals surface area contributed by atoms with Gasteiger partial charge in [-0.1, -0.05) is 18.2 Å². The monoisotopic (exact) mass is 369 g/mol. The van der Waals surface area contributed by atoms with Crippen LogP contribution in [0.3, 0.4) is 0 Å². The summed E-state index contributed by atoms with van der Waals surface area (Å²) in [5, 5.41) is 19.4. The van der Waals surface area contributed by atoms with Gasteiger partial charge in [0.25, 0.3) is 0 Å². The van der Waals surface area contributed by atoms with Crippen molar-refractivity contribution in [2.24, 2.45) is 0 Å². The topological polar surface area (TPSA) is 96.3 Å². The zero-order valence-electron chi connectivity index (χ0n) is 14.9. The normalized spacial score (nSPS) is 13.1. The molecule has 0 atom stereocenters. The molecule has 0 spiro atoms. The molecule has 140 valence electrons. The molecule has 2 N–H and O–H groups in total. The van der Waals surface area contributed by atoms with E-state index in [0.717, 1.165) is 5.69 Å². The predicted octanol–water partition coefficient (Wildman–Crippen LogP) is 2.65. The highest BCUT2D eigenvalue weighted by atomic mass is 16.7. The SMILES string of the molecule is CN(C)c1ccc(C/C(C(=O)O)=C(/C(=O)O)c2ccc3c(c2)OCO3)cc1. The largest absolute Gasteiger partial charge is 0.478 e. The van der Waals surface area contributed by atoms with Crippen LogP contribution in [0.15, 0.2) is 48.0 Å². The summed E-state index contributed by atoms with van der Waals surface area (Å²) in [6.07, 6.45) is -0.0148. The van der Waals surface area contributed by atoms with E-state index in [9.17, 15) is 19.8 Å². The van der Waals surface area contributed by atoms with E-state index >= 15 is 0 Å². The average molecular weight is 369 g/mol. The highest BCUT2D eigenvalue weighted by Crippen LogP contribution is 2.35. The zero-order valence-corrected chi connectivity index (χ0v) is 14.9. The van der Waals surface area contributed by atoms with Crippen LogP contribution in [-0.2, 0) is 16.0 Å². The van der Waals surface area contributed by atoms with E-state index in [2.05, 4.69) is 0 Å². The number of anilines is 1. The van der Waals surface area contributed by atoms with Crippen molar-refractivity contribution < 1.29 is 29.3 Å². The van der Waals surface area contributed by atoms with E-state index < -0.39 is 11.9 Å². The van der Waals surface area contributed by atoms with Crippen LogP contribution in [0, 0.1) is 0 Å². The maximum Gasteiger partial charge on any atom is 0.336 e. The lowest BCUT2D eigenvalue weighted by Crippen LogP contribution is -2.13. The minimum absolute atomic E-state index is 0.0148. The third-order valence-corrected chi connectivity index (χ3v) is 4.27. The molecule has 7 nitrogen and oxygen atoms in total. The van der Waals surface area contributed by atoms with Crippen LogP contribution in [0.5, 0.6) is 11.5 Å². The molecular formula is C20H19NO6. The third-order valence-electron chi connectivity index (χ3n) is 4.27. The van der Waals surface area contributed by atoms with Crippen LogP contribution < -0.4 is 14.4 Å². The van der Waals surface area contributed by atoms with E-state index in [1.807, 2.05) is 31.1 Å². The smallest absolute Gasteiger partial charge is 0.336 e. The summed E-state index contributed by atoms with van der Waals surface area (Å²) in [6.45, 7) is 0.0505. The van der Waals surface area contributed by atoms with Crippen LogP contribution in [-0.4, -0.2) is 43.0 Å². The lowest BCUT2D eigenvalue weighted by molar-refractivity contribution is -0.134. The maximum absolute atomic E-state index is 11.9. The van der Waals surface area contributed by atoms with Crippen molar-refractivity contribution in [2.45, 2.75) is 6.42 Å². The Bertz CT molecular complexity index is 915. The van der Waals surface area contributed by atoms with Crippen molar-refractivity contribution >= 4 is 23.2 Å². The molecule has 1 aliphatic rings. The van der Waals surface area contributed by atoms with Crippen LogP contribution in [0.1, 0.15) is 11.1 Å². The average Bonchev–Trinajstić information content (AvgIpc) is 3.09. The van der Waals surface area contributed by atoms with Crippen molar-refractivity contribution in [3.63, 3.8) is 0 Å². The molecule has 7 heteroatoms. The molecule has 1 aliphatic heterocycles. The van der Waals surface area contributed by atoms with Crippen LogP contribution in [0.25, 0.3) is 5.57 Å². The van der Waals surface area contributed by atoms with Gasteiger partial charge in [-0.05, 0) is 35.4 Å². The lowest BCUT2D eigenvalue weighted by Gasteiger charge is -2.14. The molecule has 0 bridgehead atoms. The van der Waals surface area contributed by atoms with Crippen molar-refractivity contribution in [1.29, 1.82) is 0 Å². The number of rotatable bonds is 6. The predicted molar refractivity (Wildman–Crippen MR) is 99.2 cm³/mol. The minimum atomic E-state index is -1.31. The summed E-state index contributed by atoms with van der Waals surface area (Å²) in [5.74, 6) is -1.69. The Morgan fingerprint density at radius 1 is 0.963 bits per heavy atom. The van der Waals surface area contributed by atoms with Gasteiger partial charge < -0.3 is 24.6 Å². The van der Waals surface area contributed by atoms with Crippen molar-refractivity contribution in [3.8, 4) is 11.5 Å². The molecular weight excluding hydrogens is 350 g/mol. The first-order chi connectivity index (χ1) is 12.9. The van der Waals surface area contributed by atoms with Gasteiger partial charge in [0.1, 0.15) is 0 Å². The van der Waals surface area contributed by atoms with Crippen molar-refractivity contribution in [3.05, 3.63) is 59.2 Å². The number of hydrogen-bond acceptors (Lipinski definition) is 5. The van der Waals surface area contributed by atoms with Crippen LogP contribution in [0.4, 0.5) is 5.69 Å². The van der Waals surface area contributed by atoms with E-state index in [4.69, 9.17) is 9.47 Å². The third kappa shape index (κ3) is 3.87. The molecule has 1 heterocycles. The van der Waals surface area contributed by atoms with E-state index in [1.165, 1.54) is 12.1 Å². The summed E-state index contributed by atoms with van der Waals surface area (Å²) < 4.78 is 10.5. The Hall–Kier alpha value is -3.48. The molecule has 0 saturated carbocycles. The molecule has 0 amide bonds. The molecule has 2 aromatic carbocycles. The molecule has 0 unspecified atom stereocenters. The van der Waals surface area contributed by atoms with Gasteiger partial charge in [0, 0.05) is 26.2 Å². The van der Waals surface area contributed by atoms with Crippen LogP contribution in [0.2, 0.25) is 0 Å². The highest BCUT2D eigenvalue weighted by Gasteiger charge is 2.24. The summed E-state index contributed by atoms with van der Waals surface area (Å²) in [6, 6.07) is 11.9. The van der Waals surface area contributed by atoms with E-state index in [0.29, 0.717) is 17.1 Å². The molecule has 27 heavy (non-hydrogen) atoms. The zero-order chi connectivity index (χ0) is 19.6. The van der Waals surface area contributed by atoms with Crippen molar-refractivity contribution in [2.75, 3.05) is 25.8 Å². The van der Waals surface area contributed by atoms with Gasteiger partial charge in [0.2, 0.25) is 6.79 Å². The van der Waals surface area contributed by atoms with E-state index in [-0.39, 0.29) is 29.9 Å². The Morgan fingerprint density at radius 3 is 2.22 bits per heavy atom. The standard InChI is InChI=1S/C20H19NO6/c1-21(2)14-6-3-12(4-7-14)9-15(19(22)23)18(20(24)25)13-5-8-16-17(10-13)27-11-26-16/h3-8,10H,9,11H2,1-2H3,(H,22,23)(H,24,25)/b18-15-. The van der Waals surface area contributed by atoms with Gasteiger partial charge in [-0.3, -0.25) is 0 Å². The van der Waals surface area contributed by atoms with Gasteiger partial charge in [0.05, 0.1) is 11.1 Å². The van der Waals surface area contributed by atoms with Gasteiger partial charge >= 0.3 is 11.9 Å². The molecule has 2 aromatic rings. The maximum atomic E-state index is 11.9. The number of fused-ring (bicyclic) bond motifs is 1. The molecule has 0 saturated heterocycles. The fourth-order valence-electron chi connectivity index (χ4n) is 2.87. The molecule has 3 rings (SSSR count). The Kier molecular flexibility index (Phi) is 5.03. The number of nitrogens with zero attached hydrogens (tertiary/aromatic N) is 1. The second-order valence-electron chi connectivity index (χ2n) is 6.27. The summed E-state index contributed by atoms with van der Waals surface area (Å²) in [5.41, 5.74) is 1.47. The molecule has 0 aromatic heterocycles. The Balaban J connectivity index is 2.03. The Morgan fingerprint density at radius 2 is 1.63 bits per heavy atom. The fraction of sp³-hybridized carbons (Fsp3) is 0.200. The number of hydrogen-bond donors (Lipinski definition) is 2. The first kappa shape index (κ1) is 18.3. The number of carboxylic acid groups (broad SMARTS) is 2. The first-order valence-electron chi connectivity index (χ1n) is 8.23. The van der Waals surface area contributed by atoms with Crippen LogP contribution >= 0.6 is 0 Å². The summed E-state index contributed by atoms with van der Waals surface area (Å²) in [7, 11) is 3.81. The van der Waals surface area contributed by atoms with Gasteiger partial charge in [0.15, 0.2) is 11.5 Å². The summed E-state index contributed by atoms with van der Waals surface area (Å²) in [4.78, 5) is 25.6. The quantitative estimate of drug-likeness (QED) is 0.756. The fourth-order valence-corrected chi connectivity index (χ4v) is 2.87. The molecule has 0 aliphatic carbocycles. The van der Waals surface area contributed by atoms with Crippen molar-refractivity contribution in [1.82, 2.24) is 0 Å². The minimum Gasteiger partial charge on any atom is -0.478 e. The number of carboxylic acids is 2. The first-order valence-corrected chi connectivity index (χ1v) is 8.23. The highest BCUT2D eigenvalue weighted by molar-refractivity contribution is 6.22. The number of carbonyl (C=O) groups is 2. The molecule has 0 fully saturated rings. The number of benzene rings is 2. The summed E-state index contributed by atoms with van der Waals surface area (Å²) >= 11 is 0. The second kappa shape index (κ2) is 7.41. The van der Waals surface area contributed by atoms with E-state index in [1.54, 1.807) is 18.2 Å². The second-order valence-corrected chi connectivity index (χ2v) is 6.27. The van der Waals surface area contributed by atoms with Gasteiger partial charge in [-0.2, -0.15) is 0 Å². The number of ether oxygens (including phenoxy) is 2. The van der Waals surface area contributed by atoms with Gasteiger partial charge in [-0.25, -0.2) is 9.59 Å².